The maximum atomic E-state index is 10.8. The van der Waals surface area contributed by atoms with Crippen LogP contribution in [0.3, 0.4) is 0 Å². The van der Waals surface area contributed by atoms with E-state index in [1.807, 2.05) is 6.92 Å². The van der Waals surface area contributed by atoms with Gasteiger partial charge in [-0.3, -0.25) is 4.79 Å². The maximum absolute atomic E-state index is 10.8. The third-order valence-corrected chi connectivity index (χ3v) is 1.24. The van der Waals surface area contributed by atoms with Crippen molar-refractivity contribution < 1.29 is 14.6 Å². The Balaban J connectivity index is 3.64. The number of esters is 1. The summed E-state index contributed by atoms with van der Waals surface area (Å²) in [4.78, 5) is 10.8. The van der Waals surface area contributed by atoms with E-state index < -0.39 is 18.1 Å². The SMILES string of the molecule is CCCOC(=O)C(N)C(C)O. The van der Waals surface area contributed by atoms with Crippen LogP contribution in [0.2, 0.25) is 0 Å². The highest BCUT2D eigenvalue weighted by atomic mass is 16.5. The highest BCUT2D eigenvalue weighted by Gasteiger charge is 2.19. The highest BCUT2D eigenvalue weighted by molar-refractivity contribution is 5.76. The monoisotopic (exact) mass is 161 g/mol. The molecule has 0 amide bonds. The van der Waals surface area contributed by atoms with E-state index in [4.69, 9.17) is 15.6 Å². The van der Waals surface area contributed by atoms with Gasteiger partial charge in [-0.25, -0.2) is 0 Å². The molecule has 0 rings (SSSR count). The van der Waals surface area contributed by atoms with Gasteiger partial charge in [-0.15, -0.1) is 0 Å². The van der Waals surface area contributed by atoms with Crippen LogP contribution in [0.5, 0.6) is 0 Å². The molecule has 0 aliphatic carbocycles. The zero-order valence-corrected chi connectivity index (χ0v) is 6.91. The van der Waals surface area contributed by atoms with Gasteiger partial charge in [-0.05, 0) is 13.3 Å². The molecular weight excluding hydrogens is 146 g/mol. The molecule has 0 heterocycles. The third kappa shape index (κ3) is 3.95. The number of carbonyl (C=O) groups is 1. The Morgan fingerprint density at radius 1 is 1.73 bits per heavy atom. The van der Waals surface area contributed by atoms with Crippen molar-refractivity contribution in [3.05, 3.63) is 0 Å². The molecule has 0 bridgehead atoms. The molecule has 2 unspecified atom stereocenters. The molecule has 3 N–H and O–H groups in total. The smallest absolute Gasteiger partial charge is 0.325 e. The lowest BCUT2D eigenvalue weighted by Crippen LogP contribution is -2.41. The van der Waals surface area contributed by atoms with Crippen LogP contribution in [0.1, 0.15) is 20.3 Å². The predicted octanol–water partition coefficient (Wildman–Crippen LogP) is -0.352. The topological polar surface area (TPSA) is 72.5 Å². The van der Waals surface area contributed by atoms with Gasteiger partial charge in [-0.2, -0.15) is 0 Å². The standard InChI is InChI=1S/C7H15NO3/c1-3-4-11-7(10)6(8)5(2)9/h5-6,9H,3-4,8H2,1-2H3. The molecule has 0 aromatic heterocycles. The molecule has 0 saturated carbocycles. The zero-order chi connectivity index (χ0) is 8.85. The number of ether oxygens (including phenoxy) is 1. The molecular formula is C7H15NO3. The van der Waals surface area contributed by atoms with Gasteiger partial charge >= 0.3 is 5.97 Å². The molecule has 0 aliphatic rings. The minimum Gasteiger partial charge on any atom is -0.464 e. The molecule has 0 aromatic carbocycles. The molecule has 0 aliphatic heterocycles. The molecule has 11 heavy (non-hydrogen) atoms. The largest absolute Gasteiger partial charge is 0.464 e. The first-order valence-corrected chi connectivity index (χ1v) is 3.69. The minimum atomic E-state index is -0.915. The van der Waals surface area contributed by atoms with Crippen LogP contribution < -0.4 is 5.73 Å². The van der Waals surface area contributed by atoms with Crippen molar-refractivity contribution in [1.29, 1.82) is 0 Å². The highest BCUT2D eigenvalue weighted by Crippen LogP contribution is 1.93. The first kappa shape index (κ1) is 10.4. The van der Waals surface area contributed by atoms with Crippen molar-refractivity contribution >= 4 is 5.97 Å². The van der Waals surface area contributed by atoms with Gasteiger partial charge in [0, 0.05) is 0 Å². The maximum Gasteiger partial charge on any atom is 0.325 e. The first-order valence-electron chi connectivity index (χ1n) is 3.69. The van der Waals surface area contributed by atoms with Gasteiger partial charge in [0.1, 0.15) is 6.04 Å². The minimum absolute atomic E-state index is 0.360. The summed E-state index contributed by atoms with van der Waals surface area (Å²) < 4.78 is 4.69. The van der Waals surface area contributed by atoms with Crippen LogP contribution in [-0.2, 0) is 9.53 Å². The van der Waals surface area contributed by atoms with Crippen molar-refractivity contribution in [2.24, 2.45) is 5.73 Å². The first-order chi connectivity index (χ1) is 5.09. The van der Waals surface area contributed by atoms with Crippen LogP contribution in [-0.4, -0.2) is 29.8 Å². The van der Waals surface area contributed by atoms with Crippen LogP contribution in [0.4, 0.5) is 0 Å². The second-order valence-corrected chi connectivity index (χ2v) is 2.43. The number of nitrogens with two attached hydrogens (primary N) is 1. The summed E-state index contributed by atoms with van der Waals surface area (Å²) in [5.74, 6) is -0.540. The molecule has 66 valence electrons. The van der Waals surface area contributed by atoms with Crippen LogP contribution >= 0.6 is 0 Å². The molecule has 4 nitrogen and oxygen atoms in total. The van der Waals surface area contributed by atoms with E-state index in [1.165, 1.54) is 6.92 Å². The summed E-state index contributed by atoms with van der Waals surface area (Å²) in [6, 6.07) is -0.915. The molecule has 0 fully saturated rings. The summed E-state index contributed by atoms with van der Waals surface area (Å²) in [7, 11) is 0. The van der Waals surface area contributed by atoms with E-state index >= 15 is 0 Å². The Labute approximate surface area is 66.3 Å². The third-order valence-electron chi connectivity index (χ3n) is 1.24. The van der Waals surface area contributed by atoms with Gasteiger partial charge in [0.2, 0.25) is 0 Å². The fourth-order valence-electron chi connectivity index (χ4n) is 0.496. The average molecular weight is 161 g/mol. The molecule has 2 atom stereocenters. The summed E-state index contributed by atoms with van der Waals surface area (Å²) in [6.45, 7) is 3.71. The van der Waals surface area contributed by atoms with E-state index in [2.05, 4.69) is 0 Å². The molecule has 4 heteroatoms. The van der Waals surface area contributed by atoms with Crippen molar-refractivity contribution in [3.63, 3.8) is 0 Å². The van der Waals surface area contributed by atoms with E-state index in [-0.39, 0.29) is 0 Å². The molecule has 0 saturated heterocycles. The average Bonchev–Trinajstić information content (AvgIpc) is 1.98. The summed E-state index contributed by atoms with van der Waals surface area (Å²) in [5.41, 5.74) is 5.28. The Bertz CT molecular complexity index is 125. The lowest BCUT2D eigenvalue weighted by atomic mass is 10.2. The molecule has 0 radical (unpaired) electrons. The second-order valence-electron chi connectivity index (χ2n) is 2.43. The summed E-state index contributed by atoms with van der Waals surface area (Å²) >= 11 is 0. The normalized spacial score (nSPS) is 15.6. The van der Waals surface area contributed by atoms with E-state index in [9.17, 15) is 4.79 Å². The lowest BCUT2D eigenvalue weighted by molar-refractivity contribution is -0.147. The molecule has 0 aromatic rings. The van der Waals surface area contributed by atoms with Gasteiger partial charge < -0.3 is 15.6 Å². The predicted molar refractivity (Wildman–Crippen MR) is 40.9 cm³/mol. The van der Waals surface area contributed by atoms with Crippen molar-refractivity contribution in [2.45, 2.75) is 32.4 Å². The second kappa shape index (κ2) is 5.09. The lowest BCUT2D eigenvalue weighted by Gasteiger charge is -2.12. The van der Waals surface area contributed by atoms with Gasteiger partial charge in [0.25, 0.3) is 0 Å². The Hall–Kier alpha value is -0.610. The van der Waals surface area contributed by atoms with Crippen molar-refractivity contribution in [3.8, 4) is 0 Å². The fraction of sp³-hybridized carbons (Fsp3) is 0.857. The quantitative estimate of drug-likeness (QED) is 0.553. The number of hydrogen-bond acceptors (Lipinski definition) is 4. The number of aliphatic hydroxyl groups excluding tert-OH is 1. The van der Waals surface area contributed by atoms with Gasteiger partial charge in [-0.1, -0.05) is 6.92 Å². The molecule has 0 spiro atoms. The summed E-state index contributed by atoms with van der Waals surface area (Å²) in [6.07, 6.45) is -0.0856. The summed E-state index contributed by atoms with van der Waals surface area (Å²) in [5, 5.41) is 8.86. The number of carbonyl (C=O) groups excluding carboxylic acids is 1. The number of rotatable bonds is 4. The number of aliphatic hydroxyl groups is 1. The van der Waals surface area contributed by atoms with E-state index in [1.54, 1.807) is 0 Å². The van der Waals surface area contributed by atoms with E-state index in [0.717, 1.165) is 6.42 Å². The Kier molecular flexibility index (Phi) is 4.81. The van der Waals surface area contributed by atoms with Crippen LogP contribution in [0, 0.1) is 0 Å². The fourth-order valence-corrected chi connectivity index (χ4v) is 0.496. The van der Waals surface area contributed by atoms with Crippen LogP contribution in [0.15, 0.2) is 0 Å². The zero-order valence-electron chi connectivity index (χ0n) is 6.91. The van der Waals surface area contributed by atoms with Crippen LogP contribution in [0.25, 0.3) is 0 Å². The van der Waals surface area contributed by atoms with Gasteiger partial charge in [0.05, 0.1) is 12.7 Å². The van der Waals surface area contributed by atoms with Crippen molar-refractivity contribution in [1.82, 2.24) is 0 Å². The number of hydrogen-bond donors (Lipinski definition) is 2. The Morgan fingerprint density at radius 2 is 2.27 bits per heavy atom. The van der Waals surface area contributed by atoms with Crippen molar-refractivity contribution in [2.75, 3.05) is 6.61 Å². The Morgan fingerprint density at radius 3 is 2.64 bits per heavy atom. The van der Waals surface area contributed by atoms with E-state index in [0.29, 0.717) is 6.61 Å². The van der Waals surface area contributed by atoms with Gasteiger partial charge in [0.15, 0.2) is 0 Å².